The highest BCUT2D eigenvalue weighted by atomic mass is 35.5. The number of hydrazine groups is 1. The zero-order chi connectivity index (χ0) is 9.97. The predicted octanol–water partition coefficient (Wildman–Crippen LogP) is 2.43. The lowest BCUT2D eigenvalue weighted by Crippen LogP contribution is -2.15. The number of halogens is 1. The molecule has 0 aliphatic heterocycles. The molecule has 0 fully saturated rings. The first kappa shape index (κ1) is 9.24. The average molecular weight is 208 g/mol. The Morgan fingerprint density at radius 2 is 2.14 bits per heavy atom. The van der Waals surface area contributed by atoms with Gasteiger partial charge in [-0.25, -0.2) is 5.43 Å². The van der Waals surface area contributed by atoms with Crippen LogP contribution in [0.1, 0.15) is 0 Å². The van der Waals surface area contributed by atoms with Crippen molar-refractivity contribution < 1.29 is 0 Å². The molecule has 0 bridgehead atoms. The molecule has 0 saturated carbocycles. The van der Waals surface area contributed by atoms with Crippen LogP contribution in [-0.2, 0) is 0 Å². The average Bonchev–Trinajstić information content (AvgIpc) is 2.18. The third-order valence-corrected chi connectivity index (χ3v) is 2.20. The second kappa shape index (κ2) is 3.82. The van der Waals surface area contributed by atoms with Crippen LogP contribution in [0, 0.1) is 0 Å². The molecule has 0 radical (unpaired) electrons. The Kier molecular flexibility index (Phi) is 2.52. The summed E-state index contributed by atoms with van der Waals surface area (Å²) in [5.41, 5.74) is 7.80. The lowest BCUT2D eigenvalue weighted by Gasteiger charge is -2.07. The van der Waals surface area contributed by atoms with Crippen LogP contribution in [0.3, 0.4) is 0 Å². The van der Waals surface area contributed by atoms with Crippen molar-refractivity contribution >= 4 is 28.2 Å². The van der Waals surface area contributed by atoms with Gasteiger partial charge < -0.3 is 5.43 Å². The summed E-state index contributed by atoms with van der Waals surface area (Å²) in [5, 5.41) is 1.75. The van der Waals surface area contributed by atoms with E-state index >= 15 is 0 Å². The van der Waals surface area contributed by atoms with Gasteiger partial charge in [0, 0.05) is 23.7 Å². The fourth-order valence-electron chi connectivity index (χ4n) is 1.36. The minimum absolute atomic E-state index is 0.701. The highest BCUT2D eigenvalue weighted by Crippen LogP contribution is 2.23. The Morgan fingerprint density at radius 3 is 2.93 bits per heavy atom. The van der Waals surface area contributed by atoms with Crippen LogP contribution in [0.25, 0.3) is 10.9 Å². The van der Waals surface area contributed by atoms with Gasteiger partial charge in [-0.2, -0.15) is 0 Å². The van der Waals surface area contributed by atoms with Gasteiger partial charge in [0.25, 0.3) is 0 Å². The second-order valence-corrected chi connectivity index (χ2v) is 3.33. The lowest BCUT2D eigenvalue weighted by atomic mass is 10.2. The number of hydrogen-bond donors (Lipinski definition) is 2. The van der Waals surface area contributed by atoms with Crippen molar-refractivity contribution in [1.82, 2.24) is 10.4 Å². The topological polar surface area (TPSA) is 37.0 Å². The third-order valence-electron chi connectivity index (χ3n) is 1.96. The maximum atomic E-state index is 5.87. The van der Waals surface area contributed by atoms with Gasteiger partial charge in [-0.05, 0) is 24.3 Å². The highest BCUT2D eigenvalue weighted by Gasteiger charge is 2.00. The van der Waals surface area contributed by atoms with Crippen molar-refractivity contribution in [1.29, 1.82) is 0 Å². The van der Waals surface area contributed by atoms with Crippen LogP contribution in [0.2, 0.25) is 5.02 Å². The van der Waals surface area contributed by atoms with Crippen molar-refractivity contribution in [3.05, 3.63) is 35.5 Å². The minimum Gasteiger partial charge on any atom is -0.321 e. The van der Waals surface area contributed by atoms with E-state index in [0.717, 1.165) is 16.6 Å². The van der Waals surface area contributed by atoms with Crippen LogP contribution in [0.5, 0.6) is 0 Å². The second-order valence-electron chi connectivity index (χ2n) is 2.89. The molecule has 0 spiro atoms. The maximum absolute atomic E-state index is 5.87. The molecule has 2 N–H and O–H groups in total. The summed E-state index contributed by atoms with van der Waals surface area (Å²) in [6, 6.07) is 7.56. The number of nitrogens with zero attached hydrogens (tertiary/aromatic N) is 1. The molecule has 4 heteroatoms. The molecule has 3 nitrogen and oxygen atoms in total. The number of anilines is 1. The predicted molar refractivity (Wildman–Crippen MR) is 59.4 cm³/mol. The quantitative estimate of drug-likeness (QED) is 0.743. The summed E-state index contributed by atoms with van der Waals surface area (Å²) in [7, 11) is 1.82. The molecule has 0 aliphatic carbocycles. The highest BCUT2D eigenvalue weighted by molar-refractivity contribution is 6.31. The fraction of sp³-hybridized carbons (Fsp3) is 0.100. The number of hydrogen-bond acceptors (Lipinski definition) is 3. The molecular weight excluding hydrogens is 198 g/mol. The number of fused-ring (bicyclic) bond motifs is 1. The van der Waals surface area contributed by atoms with Gasteiger partial charge in [-0.15, -0.1) is 0 Å². The normalized spacial score (nSPS) is 10.4. The van der Waals surface area contributed by atoms with Gasteiger partial charge in [0.1, 0.15) is 0 Å². The van der Waals surface area contributed by atoms with E-state index in [1.54, 1.807) is 6.20 Å². The number of pyridine rings is 1. The van der Waals surface area contributed by atoms with Gasteiger partial charge in [-0.3, -0.25) is 4.98 Å². The zero-order valence-corrected chi connectivity index (χ0v) is 8.47. The van der Waals surface area contributed by atoms with Gasteiger partial charge in [0.15, 0.2) is 0 Å². The third kappa shape index (κ3) is 1.64. The van der Waals surface area contributed by atoms with Crippen molar-refractivity contribution in [3.63, 3.8) is 0 Å². The summed E-state index contributed by atoms with van der Waals surface area (Å²) in [5.74, 6) is 0. The zero-order valence-electron chi connectivity index (χ0n) is 7.71. The maximum Gasteiger partial charge on any atom is 0.0738 e. The molecule has 72 valence electrons. The minimum atomic E-state index is 0.701. The Balaban J connectivity index is 2.62. The Morgan fingerprint density at radius 1 is 1.29 bits per heavy atom. The molecule has 0 atom stereocenters. The van der Waals surface area contributed by atoms with Gasteiger partial charge >= 0.3 is 0 Å². The molecule has 14 heavy (non-hydrogen) atoms. The molecule has 0 amide bonds. The van der Waals surface area contributed by atoms with E-state index in [-0.39, 0.29) is 0 Å². The van der Waals surface area contributed by atoms with E-state index in [2.05, 4.69) is 15.8 Å². The van der Waals surface area contributed by atoms with Gasteiger partial charge in [0.05, 0.1) is 11.2 Å². The van der Waals surface area contributed by atoms with E-state index in [1.165, 1.54) is 0 Å². The van der Waals surface area contributed by atoms with E-state index in [4.69, 9.17) is 11.6 Å². The largest absolute Gasteiger partial charge is 0.321 e. The van der Waals surface area contributed by atoms with Crippen LogP contribution < -0.4 is 10.9 Å². The van der Waals surface area contributed by atoms with Crippen molar-refractivity contribution in [2.24, 2.45) is 0 Å². The van der Waals surface area contributed by atoms with Crippen LogP contribution >= 0.6 is 11.6 Å². The lowest BCUT2D eigenvalue weighted by molar-refractivity contribution is 0.987. The standard InChI is InChI=1S/C10H10ClN3/c1-12-14-9-4-5-13-10-6-7(11)2-3-8(9)10/h2-6,12H,1H3,(H,13,14). The summed E-state index contributed by atoms with van der Waals surface area (Å²) in [4.78, 5) is 4.23. The molecule has 0 unspecified atom stereocenters. The number of nitrogens with one attached hydrogen (secondary N) is 2. The van der Waals surface area contributed by atoms with Gasteiger partial charge in [0.2, 0.25) is 0 Å². The monoisotopic (exact) mass is 207 g/mol. The van der Waals surface area contributed by atoms with Crippen molar-refractivity contribution in [2.45, 2.75) is 0 Å². The summed E-state index contributed by atoms with van der Waals surface area (Å²) in [6.07, 6.45) is 1.75. The molecule has 2 rings (SSSR count). The van der Waals surface area contributed by atoms with E-state index in [9.17, 15) is 0 Å². The number of rotatable bonds is 2. The number of benzene rings is 1. The smallest absolute Gasteiger partial charge is 0.0738 e. The first-order valence-electron chi connectivity index (χ1n) is 4.28. The molecule has 0 aliphatic rings. The van der Waals surface area contributed by atoms with Crippen LogP contribution in [-0.4, -0.2) is 12.0 Å². The van der Waals surface area contributed by atoms with Crippen LogP contribution in [0.4, 0.5) is 5.69 Å². The number of aromatic nitrogens is 1. The first-order valence-corrected chi connectivity index (χ1v) is 4.66. The molecule has 2 aromatic rings. The van der Waals surface area contributed by atoms with E-state index in [1.807, 2.05) is 31.3 Å². The van der Waals surface area contributed by atoms with E-state index in [0.29, 0.717) is 5.02 Å². The van der Waals surface area contributed by atoms with Crippen molar-refractivity contribution in [2.75, 3.05) is 12.5 Å². The Bertz CT molecular complexity index is 456. The molecule has 0 saturated heterocycles. The van der Waals surface area contributed by atoms with E-state index < -0.39 is 0 Å². The molecular formula is C10H10ClN3. The SMILES string of the molecule is CNNc1ccnc2cc(Cl)ccc12. The Labute approximate surface area is 87.1 Å². The summed E-state index contributed by atoms with van der Waals surface area (Å²) >= 11 is 5.87. The van der Waals surface area contributed by atoms with Crippen molar-refractivity contribution in [3.8, 4) is 0 Å². The first-order chi connectivity index (χ1) is 6.81. The Hall–Kier alpha value is -1.32. The molecule has 1 aromatic heterocycles. The molecule has 1 aromatic carbocycles. The summed E-state index contributed by atoms with van der Waals surface area (Å²) in [6.45, 7) is 0. The van der Waals surface area contributed by atoms with Gasteiger partial charge in [-0.1, -0.05) is 11.6 Å². The summed E-state index contributed by atoms with van der Waals surface area (Å²) < 4.78 is 0. The molecule has 1 heterocycles. The fourth-order valence-corrected chi connectivity index (χ4v) is 1.53. The van der Waals surface area contributed by atoms with Crippen LogP contribution in [0.15, 0.2) is 30.5 Å².